The zero-order chi connectivity index (χ0) is 15.6. The van der Waals surface area contributed by atoms with Crippen molar-refractivity contribution in [3.63, 3.8) is 0 Å². The number of aryl methyl sites for hydroxylation is 1. The van der Waals surface area contributed by atoms with Crippen molar-refractivity contribution in [3.05, 3.63) is 38.5 Å². The summed E-state index contributed by atoms with van der Waals surface area (Å²) in [5.74, 6) is 0.542. The lowest BCUT2D eigenvalue weighted by Crippen LogP contribution is -2.13. The summed E-state index contributed by atoms with van der Waals surface area (Å²) in [7, 11) is -2.19. The van der Waals surface area contributed by atoms with Crippen molar-refractivity contribution >= 4 is 43.0 Å². The van der Waals surface area contributed by atoms with E-state index in [0.29, 0.717) is 25.7 Å². The number of halogens is 1. The molecule has 0 unspecified atom stereocenters. The molecule has 2 aromatic rings. The summed E-state index contributed by atoms with van der Waals surface area (Å²) in [6.07, 6.45) is 0. The highest BCUT2D eigenvalue weighted by Gasteiger charge is 2.20. The molecule has 2 rings (SSSR count). The van der Waals surface area contributed by atoms with Gasteiger partial charge >= 0.3 is 0 Å². The van der Waals surface area contributed by atoms with Gasteiger partial charge in [0.05, 0.1) is 19.4 Å². The molecule has 21 heavy (non-hydrogen) atoms. The van der Waals surface area contributed by atoms with E-state index < -0.39 is 10.0 Å². The lowest BCUT2D eigenvalue weighted by Gasteiger charge is -2.10. The van der Waals surface area contributed by atoms with Gasteiger partial charge in [-0.2, -0.15) is 0 Å². The van der Waals surface area contributed by atoms with Gasteiger partial charge in [-0.3, -0.25) is 4.72 Å². The third-order valence-electron chi connectivity index (χ3n) is 2.73. The van der Waals surface area contributed by atoms with Crippen molar-refractivity contribution in [2.75, 3.05) is 11.8 Å². The van der Waals surface area contributed by atoms with E-state index in [9.17, 15) is 8.42 Å². The van der Waals surface area contributed by atoms with E-state index >= 15 is 0 Å². The van der Waals surface area contributed by atoms with E-state index in [1.165, 1.54) is 24.5 Å². The number of rotatable bonds is 5. The Morgan fingerprint density at radius 3 is 2.62 bits per heavy atom. The second-order valence-electron chi connectivity index (χ2n) is 4.28. The molecule has 0 aliphatic heterocycles. The van der Waals surface area contributed by atoms with Crippen LogP contribution in [0.15, 0.2) is 33.6 Å². The number of aliphatic hydroxyl groups excluding tert-OH is 1. The molecule has 0 spiro atoms. The molecule has 0 saturated heterocycles. The van der Waals surface area contributed by atoms with Gasteiger partial charge < -0.3 is 9.84 Å². The molecule has 1 aromatic carbocycles. The van der Waals surface area contributed by atoms with E-state index in [2.05, 4.69) is 20.7 Å². The van der Waals surface area contributed by atoms with Crippen molar-refractivity contribution in [2.24, 2.45) is 0 Å². The van der Waals surface area contributed by atoms with Crippen LogP contribution in [0.1, 0.15) is 9.75 Å². The number of hydrogen-bond acceptors (Lipinski definition) is 5. The summed E-state index contributed by atoms with van der Waals surface area (Å²) in [4.78, 5) is 1.42. The lowest BCUT2D eigenvalue weighted by atomic mass is 10.3. The average Bonchev–Trinajstić information content (AvgIpc) is 2.79. The van der Waals surface area contributed by atoms with Crippen LogP contribution in [0.5, 0.6) is 5.75 Å². The second kappa shape index (κ2) is 6.35. The number of sulfonamides is 1. The SMILES string of the molecule is COc1cc(Br)cc(NS(=O)(=O)c2cc(CO)sc2C)c1. The number of ether oxygens (including phenoxy) is 1. The van der Waals surface area contributed by atoms with Gasteiger partial charge in [0.25, 0.3) is 10.0 Å². The number of benzene rings is 1. The zero-order valence-corrected chi connectivity index (χ0v) is 14.6. The average molecular weight is 392 g/mol. The Morgan fingerprint density at radius 1 is 1.33 bits per heavy atom. The first-order valence-corrected chi connectivity index (χ1v) is 9.02. The Morgan fingerprint density at radius 2 is 2.05 bits per heavy atom. The van der Waals surface area contributed by atoms with Crippen LogP contribution in [-0.2, 0) is 16.6 Å². The maximum atomic E-state index is 12.4. The van der Waals surface area contributed by atoms with Gasteiger partial charge in [0, 0.05) is 20.3 Å². The maximum absolute atomic E-state index is 12.4. The Balaban J connectivity index is 2.37. The van der Waals surface area contributed by atoms with Crippen molar-refractivity contribution in [2.45, 2.75) is 18.4 Å². The second-order valence-corrected chi connectivity index (χ2v) is 8.18. The number of aliphatic hydroxyl groups is 1. The maximum Gasteiger partial charge on any atom is 0.263 e. The van der Waals surface area contributed by atoms with Gasteiger partial charge in [0.2, 0.25) is 0 Å². The third kappa shape index (κ3) is 3.76. The molecule has 1 aromatic heterocycles. The zero-order valence-electron chi connectivity index (χ0n) is 11.4. The van der Waals surface area contributed by atoms with Crippen molar-refractivity contribution in [1.82, 2.24) is 0 Å². The van der Waals surface area contributed by atoms with Crippen LogP contribution in [0.4, 0.5) is 5.69 Å². The molecule has 8 heteroatoms. The van der Waals surface area contributed by atoms with E-state index in [1.807, 2.05) is 0 Å². The summed E-state index contributed by atoms with van der Waals surface area (Å²) >= 11 is 4.56. The molecule has 0 aliphatic carbocycles. The van der Waals surface area contributed by atoms with Gasteiger partial charge in [-0.15, -0.1) is 11.3 Å². The minimum Gasteiger partial charge on any atom is -0.497 e. The fourth-order valence-electron chi connectivity index (χ4n) is 1.82. The Kier molecular flexibility index (Phi) is 4.92. The molecule has 114 valence electrons. The summed E-state index contributed by atoms with van der Waals surface area (Å²) in [6, 6.07) is 6.46. The minimum absolute atomic E-state index is 0.175. The summed E-state index contributed by atoms with van der Waals surface area (Å²) in [6.45, 7) is 1.53. The van der Waals surface area contributed by atoms with E-state index in [4.69, 9.17) is 9.84 Å². The van der Waals surface area contributed by atoms with Crippen LogP contribution >= 0.6 is 27.3 Å². The summed E-state index contributed by atoms with van der Waals surface area (Å²) < 4.78 is 33.2. The van der Waals surface area contributed by atoms with Crippen molar-refractivity contribution in [1.29, 1.82) is 0 Å². The highest BCUT2D eigenvalue weighted by molar-refractivity contribution is 9.10. The molecule has 2 N–H and O–H groups in total. The van der Waals surface area contributed by atoms with E-state index in [0.717, 1.165) is 0 Å². The number of hydrogen-bond donors (Lipinski definition) is 2. The predicted octanol–water partition coefficient (Wildman–Crippen LogP) is 3.12. The highest BCUT2D eigenvalue weighted by Crippen LogP contribution is 2.30. The number of nitrogens with one attached hydrogen (secondary N) is 1. The first-order chi connectivity index (χ1) is 9.85. The third-order valence-corrected chi connectivity index (χ3v) is 5.86. The lowest BCUT2D eigenvalue weighted by molar-refractivity contribution is 0.285. The van der Waals surface area contributed by atoms with Crippen molar-refractivity contribution in [3.8, 4) is 5.75 Å². The van der Waals surface area contributed by atoms with Gasteiger partial charge in [-0.05, 0) is 25.1 Å². The standard InChI is InChI=1S/C13H14BrNO4S2/c1-8-13(6-12(7-16)20-8)21(17,18)15-10-3-9(14)4-11(5-10)19-2/h3-6,15-16H,7H2,1-2H3. The molecule has 0 amide bonds. The summed E-state index contributed by atoms with van der Waals surface area (Å²) in [5, 5.41) is 9.11. The van der Waals surface area contributed by atoms with Gasteiger partial charge in [0.15, 0.2) is 0 Å². The molecule has 0 fully saturated rings. The molecule has 0 radical (unpaired) electrons. The normalized spacial score (nSPS) is 11.4. The van der Waals surface area contributed by atoms with Crippen LogP contribution in [-0.4, -0.2) is 20.6 Å². The first kappa shape index (κ1) is 16.3. The topological polar surface area (TPSA) is 75.6 Å². The molecule has 0 saturated carbocycles. The van der Waals surface area contributed by atoms with Gasteiger partial charge in [-0.1, -0.05) is 15.9 Å². The van der Waals surface area contributed by atoms with Crippen molar-refractivity contribution < 1.29 is 18.3 Å². The largest absolute Gasteiger partial charge is 0.497 e. The van der Waals surface area contributed by atoms with Crippen LogP contribution in [0.25, 0.3) is 0 Å². The molecule has 0 bridgehead atoms. The molecule has 0 aliphatic rings. The smallest absolute Gasteiger partial charge is 0.263 e. The highest BCUT2D eigenvalue weighted by atomic mass is 79.9. The fraction of sp³-hybridized carbons (Fsp3) is 0.231. The quantitative estimate of drug-likeness (QED) is 0.820. The van der Waals surface area contributed by atoms with Gasteiger partial charge in [-0.25, -0.2) is 8.42 Å². The van der Waals surface area contributed by atoms with Crippen LogP contribution in [0.2, 0.25) is 0 Å². The van der Waals surface area contributed by atoms with E-state index in [1.54, 1.807) is 25.1 Å². The minimum atomic E-state index is -3.70. The molecule has 5 nitrogen and oxygen atoms in total. The Labute approximate surface area is 135 Å². The molecule has 1 heterocycles. The van der Waals surface area contributed by atoms with E-state index in [-0.39, 0.29) is 11.5 Å². The number of anilines is 1. The van der Waals surface area contributed by atoms with Gasteiger partial charge in [0.1, 0.15) is 10.6 Å². The number of methoxy groups -OCH3 is 1. The van der Waals surface area contributed by atoms with Crippen LogP contribution in [0, 0.1) is 6.92 Å². The number of thiophene rings is 1. The fourth-order valence-corrected chi connectivity index (χ4v) is 4.83. The molecular weight excluding hydrogens is 378 g/mol. The molecule has 0 atom stereocenters. The Hall–Kier alpha value is -1.09. The Bertz CT molecular complexity index is 756. The first-order valence-electron chi connectivity index (χ1n) is 5.93. The monoisotopic (exact) mass is 391 g/mol. The summed E-state index contributed by atoms with van der Waals surface area (Å²) in [5.41, 5.74) is 0.400. The predicted molar refractivity (Wildman–Crippen MR) is 86.5 cm³/mol. The molecular formula is C13H14BrNO4S2. The van der Waals surface area contributed by atoms with Crippen LogP contribution in [0.3, 0.4) is 0 Å². The van der Waals surface area contributed by atoms with Crippen LogP contribution < -0.4 is 9.46 Å².